The zero-order valence-corrected chi connectivity index (χ0v) is 23.1. The van der Waals surface area contributed by atoms with Crippen molar-refractivity contribution in [1.29, 1.82) is 0 Å². The van der Waals surface area contributed by atoms with E-state index in [-0.39, 0.29) is 55.1 Å². The summed E-state index contributed by atoms with van der Waals surface area (Å²) < 4.78 is 5.20. The fourth-order valence-electron chi connectivity index (χ4n) is 8.13. The molecule has 0 unspecified atom stereocenters. The van der Waals surface area contributed by atoms with Crippen LogP contribution in [0.2, 0.25) is 0 Å². The van der Waals surface area contributed by atoms with Crippen LogP contribution in [0.4, 0.5) is 0 Å². The molecule has 4 aliphatic carbocycles. The third-order valence-corrected chi connectivity index (χ3v) is 10.3. The van der Waals surface area contributed by atoms with Crippen molar-refractivity contribution in [3.63, 3.8) is 0 Å². The lowest BCUT2D eigenvalue weighted by Gasteiger charge is -2.59. The van der Waals surface area contributed by atoms with Crippen LogP contribution in [0.25, 0.3) is 0 Å². The summed E-state index contributed by atoms with van der Waals surface area (Å²) in [5.41, 5.74) is -1.08. The second-order valence-electron chi connectivity index (χ2n) is 12.3. The van der Waals surface area contributed by atoms with Crippen molar-refractivity contribution in [2.75, 3.05) is 6.61 Å². The normalized spacial score (nSPS) is 36.1. The van der Waals surface area contributed by atoms with E-state index < -0.39 is 40.9 Å². The molecule has 0 bridgehead atoms. The summed E-state index contributed by atoms with van der Waals surface area (Å²) in [4.78, 5) is 53.7. The molecule has 5 rings (SSSR count). The first-order valence-corrected chi connectivity index (χ1v) is 14.2. The van der Waals surface area contributed by atoms with E-state index in [4.69, 9.17) is 4.74 Å². The fraction of sp³-hybridized carbons (Fsp3) is 0.581. The average molecular weight is 551 g/mol. The molecule has 0 aromatic carbocycles. The van der Waals surface area contributed by atoms with Gasteiger partial charge in [0.25, 0.3) is 0 Å². The summed E-state index contributed by atoms with van der Waals surface area (Å²) >= 11 is 0. The van der Waals surface area contributed by atoms with Gasteiger partial charge in [0, 0.05) is 42.1 Å². The summed E-state index contributed by atoms with van der Waals surface area (Å²) in [5.74, 6) is -1.59. The van der Waals surface area contributed by atoms with E-state index in [1.807, 2.05) is 13.0 Å². The van der Waals surface area contributed by atoms with E-state index in [9.17, 15) is 29.4 Å². The van der Waals surface area contributed by atoms with Crippen molar-refractivity contribution in [3.05, 3.63) is 53.9 Å². The highest BCUT2D eigenvalue weighted by molar-refractivity contribution is 6.01. The number of nitrogens with zero attached hydrogens (tertiary/aromatic N) is 1. The molecule has 1 aromatic heterocycles. The molecule has 1 amide bonds. The maximum absolute atomic E-state index is 13.4. The molecule has 214 valence electrons. The summed E-state index contributed by atoms with van der Waals surface area (Å²) in [5, 5.41) is 26.0. The van der Waals surface area contributed by atoms with Gasteiger partial charge in [0.1, 0.15) is 5.60 Å². The van der Waals surface area contributed by atoms with Crippen molar-refractivity contribution in [2.45, 2.75) is 77.0 Å². The van der Waals surface area contributed by atoms with Gasteiger partial charge in [0.15, 0.2) is 12.4 Å². The van der Waals surface area contributed by atoms with Gasteiger partial charge < -0.3 is 20.3 Å². The number of Topliss-reactive ketones (excluding diaryl/α,β-unsaturated/α-hetero) is 1. The van der Waals surface area contributed by atoms with E-state index in [1.165, 1.54) is 0 Å². The molecule has 4 aliphatic rings. The van der Waals surface area contributed by atoms with Crippen molar-refractivity contribution >= 4 is 23.4 Å². The Bertz CT molecular complexity index is 1260. The van der Waals surface area contributed by atoms with E-state index in [1.54, 1.807) is 36.7 Å². The van der Waals surface area contributed by atoms with Crippen LogP contribution in [0.5, 0.6) is 0 Å². The van der Waals surface area contributed by atoms with Gasteiger partial charge >= 0.3 is 5.97 Å². The number of ether oxygens (including phenoxy) is 1. The van der Waals surface area contributed by atoms with Crippen LogP contribution in [0.3, 0.4) is 0 Å². The molecule has 0 radical (unpaired) electrons. The number of ketones is 2. The van der Waals surface area contributed by atoms with E-state index in [0.717, 1.165) is 24.0 Å². The Morgan fingerprint density at radius 2 is 1.90 bits per heavy atom. The Hall–Kier alpha value is -3.17. The molecular weight excluding hydrogens is 512 g/mol. The molecule has 3 fully saturated rings. The predicted octanol–water partition coefficient (Wildman–Crippen LogP) is 2.60. The van der Waals surface area contributed by atoms with Gasteiger partial charge in [0.2, 0.25) is 11.7 Å². The molecular formula is C31H38N2O7. The highest BCUT2D eigenvalue weighted by Crippen LogP contribution is 2.67. The number of allylic oxidation sites excluding steroid dienone is 4. The quantitative estimate of drug-likeness (QED) is 0.419. The van der Waals surface area contributed by atoms with Gasteiger partial charge in [-0.1, -0.05) is 25.5 Å². The molecule has 1 aromatic rings. The predicted molar refractivity (Wildman–Crippen MR) is 144 cm³/mol. The standard InChI is InChI=1S/C31H38N2O7/c1-29-11-7-21(34)15-20(29)3-4-22-23-8-12-31(39,30(23,2)16-24(35)28(22)29)25(36)18-40-27(38)6-5-26(37)33-17-19-9-13-32-14-10-19/h7,9-11,13-15,22-24,28,35,39H,3-6,8,12,16-18H2,1-2H3,(H,33,37)/t22-,23-,24-,28+,29-,30-,31+/m0/s1. The number of carbonyl (C=O) groups is 4. The van der Waals surface area contributed by atoms with Crippen LogP contribution in [0.1, 0.15) is 64.4 Å². The summed E-state index contributed by atoms with van der Waals surface area (Å²) in [6, 6.07) is 3.56. The smallest absolute Gasteiger partial charge is 0.306 e. The Morgan fingerprint density at radius 1 is 1.15 bits per heavy atom. The molecule has 7 atom stereocenters. The maximum Gasteiger partial charge on any atom is 0.306 e. The second-order valence-corrected chi connectivity index (χ2v) is 12.3. The number of hydrogen-bond donors (Lipinski definition) is 3. The number of esters is 1. The number of hydrogen-bond acceptors (Lipinski definition) is 8. The summed E-state index contributed by atoms with van der Waals surface area (Å²) in [6.45, 7) is 3.71. The second kappa shape index (κ2) is 10.7. The molecule has 9 nitrogen and oxygen atoms in total. The molecule has 0 spiro atoms. The van der Waals surface area contributed by atoms with E-state index in [0.29, 0.717) is 13.0 Å². The van der Waals surface area contributed by atoms with Crippen LogP contribution >= 0.6 is 0 Å². The lowest BCUT2D eigenvalue weighted by Crippen LogP contribution is -2.61. The van der Waals surface area contributed by atoms with Crippen molar-refractivity contribution < 1.29 is 34.1 Å². The zero-order chi connectivity index (χ0) is 28.7. The largest absolute Gasteiger partial charge is 0.458 e. The van der Waals surface area contributed by atoms with Crippen LogP contribution in [0, 0.1) is 28.6 Å². The Morgan fingerprint density at radius 3 is 2.65 bits per heavy atom. The first kappa shape index (κ1) is 28.4. The third-order valence-electron chi connectivity index (χ3n) is 10.3. The molecule has 1 heterocycles. The number of amides is 1. The maximum atomic E-state index is 13.4. The van der Waals surface area contributed by atoms with Gasteiger partial charge in [0.05, 0.1) is 12.5 Å². The van der Waals surface area contributed by atoms with Crippen LogP contribution < -0.4 is 5.32 Å². The number of aliphatic hydroxyl groups excluding tert-OH is 1. The minimum Gasteiger partial charge on any atom is -0.458 e. The number of carbonyl (C=O) groups excluding carboxylic acids is 4. The number of pyridine rings is 1. The minimum absolute atomic E-state index is 0.0130. The van der Waals surface area contributed by atoms with Crippen molar-refractivity contribution in [3.8, 4) is 0 Å². The van der Waals surface area contributed by atoms with Gasteiger partial charge in [-0.2, -0.15) is 0 Å². The molecule has 3 N–H and O–H groups in total. The number of aromatic nitrogens is 1. The molecule has 40 heavy (non-hydrogen) atoms. The molecule has 0 saturated heterocycles. The first-order chi connectivity index (χ1) is 19.0. The number of rotatable bonds is 8. The average Bonchev–Trinajstić information content (AvgIpc) is 3.20. The highest BCUT2D eigenvalue weighted by atomic mass is 16.5. The zero-order valence-electron chi connectivity index (χ0n) is 23.1. The number of aliphatic hydroxyl groups is 2. The topological polar surface area (TPSA) is 143 Å². The minimum atomic E-state index is -1.72. The van der Waals surface area contributed by atoms with Crippen LogP contribution in [-0.4, -0.2) is 57.0 Å². The van der Waals surface area contributed by atoms with Gasteiger partial charge in [-0.3, -0.25) is 24.2 Å². The third kappa shape index (κ3) is 4.83. The Kier molecular flexibility index (Phi) is 7.56. The monoisotopic (exact) mass is 550 g/mol. The summed E-state index contributed by atoms with van der Waals surface area (Å²) in [6.07, 6.45) is 10.1. The van der Waals surface area contributed by atoms with Crippen molar-refractivity contribution in [2.24, 2.45) is 28.6 Å². The number of fused-ring (bicyclic) bond motifs is 5. The van der Waals surface area contributed by atoms with Crippen LogP contribution in [-0.2, 0) is 30.5 Å². The Labute approximate surface area is 234 Å². The van der Waals surface area contributed by atoms with Crippen LogP contribution in [0.15, 0.2) is 48.3 Å². The van der Waals surface area contributed by atoms with E-state index >= 15 is 0 Å². The SMILES string of the molecule is C[C@]12C=CC(=O)C=C1CC[C@@H]1[C@@H]2[C@@H](O)C[C@@]2(C)[C@H]1CC[C@@]2(O)C(=O)COC(=O)CCC(=O)NCc1ccncc1. The lowest BCUT2D eigenvalue weighted by molar-refractivity contribution is -0.181. The fourth-order valence-corrected chi connectivity index (χ4v) is 8.13. The summed E-state index contributed by atoms with van der Waals surface area (Å²) in [7, 11) is 0. The molecule has 0 aliphatic heterocycles. The molecule has 3 saturated carbocycles. The molecule has 9 heteroatoms. The van der Waals surface area contributed by atoms with Gasteiger partial charge in [-0.15, -0.1) is 0 Å². The lowest BCUT2D eigenvalue weighted by atomic mass is 9.46. The van der Waals surface area contributed by atoms with Crippen molar-refractivity contribution in [1.82, 2.24) is 10.3 Å². The number of nitrogens with one attached hydrogen (secondary N) is 1. The van der Waals surface area contributed by atoms with Gasteiger partial charge in [-0.05, 0) is 73.8 Å². The highest BCUT2D eigenvalue weighted by Gasteiger charge is 2.68. The van der Waals surface area contributed by atoms with Gasteiger partial charge in [-0.25, -0.2) is 0 Å². The van der Waals surface area contributed by atoms with E-state index in [2.05, 4.69) is 17.2 Å². The first-order valence-electron chi connectivity index (χ1n) is 14.2. The Balaban J connectivity index is 1.18.